The van der Waals surface area contributed by atoms with E-state index in [1.54, 1.807) is 0 Å². The molecule has 2 fully saturated rings. The van der Waals surface area contributed by atoms with Crippen molar-refractivity contribution in [3.8, 4) is 0 Å². The maximum atomic E-state index is 12.4. The molecule has 1 aromatic carbocycles. The van der Waals surface area contributed by atoms with Crippen LogP contribution in [0.15, 0.2) is 28.7 Å². The summed E-state index contributed by atoms with van der Waals surface area (Å²) in [5.41, 5.74) is 1.24. The molecule has 3 rings (SSSR count). The molecule has 23 heavy (non-hydrogen) atoms. The van der Waals surface area contributed by atoms with Gasteiger partial charge in [-0.05, 0) is 40.4 Å². The van der Waals surface area contributed by atoms with Gasteiger partial charge in [0.15, 0.2) is 0 Å². The second-order valence-electron chi connectivity index (χ2n) is 6.86. The van der Waals surface area contributed by atoms with Crippen molar-refractivity contribution in [1.29, 1.82) is 0 Å². The number of carbonyl (C=O) groups excluding carboxylic acids is 1. The van der Waals surface area contributed by atoms with Gasteiger partial charge in [-0.2, -0.15) is 0 Å². The number of halogens is 1. The van der Waals surface area contributed by atoms with Crippen LogP contribution in [0.5, 0.6) is 0 Å². The lowest BCUT2D eigenvalue weighted by Gasteiger charge is -2.37. The molecule has 1 amide bonds. The average molecular weight is 379 g/mol. The first-order valence-electron chi connectivity index (χ1n) is 9.01. The SMILES string of the molecule is O=C(CCC1CCCCC1)N1CCN(c2ccccc2Br)CC1. The van der Waals surface area contributed by atoms with Crippen molar-refractivity contribution < 1.29 is 4.79 Å². The molecule has 0 atom stereocenters. The predicted octanol–water partition coefficient (Wildman–Crippen LogP) is 4.46. The van der Waals surface area contributed by atoms with Crippen LogP contribution in [0, 0.1) is 5.92 Å². The van der Waals surface area contributed by atoms with Gasteiger partial charge in [0, 0.05) is 37.1 Å². The van der Waals surface area contributed by atoms with Gasteiger partial charge in [0.1, 0.15) is 0 Å². The zero-order valence-electron chi connectivity index (χ0n) is 13.8. The summed E-state index contributed by atoms with van der Waals surface area (Å²) in [6.45, 7) is 3.56. The monoisotopic (exact) mass is 378 g/mol. The van der Waals surface area contributed by atoms with E-state index < -0.39 is 0 Å². The number of para-hydroxylation sites is 1. The highest BCUT2D eigenvalue weighted by Crippen LogP contribution is 2.28. The van der Waals surface area contributed by atoms with E-state index in [1.807, 2.05) is 6.07 Å². The van der Waals surface area contributed by atoms with E-state index in [9.17, 15) is 4.79 Å². The maximum Gasteiger partial charge on any atom is 0.222 e. The Morgan fingerprint density at radius 1 is 1.04 bits per heavy atom. The topological polar surface area (TPSA) is 23.6 Å². The van der Waals surface area contributed by atoms with Crippen molar-refractivity contribution >= 4 is 27.5 Å². The van der Waals surface area contributed by atoms with Crippen LogP contribution in [0.4, 0.5) is 5.69 Å². The van der Waals surface area contributed by atoms with Crippen molar-refractivity contribution in [2.45, 2.75) is 44.9 Å². The number of hydrogen-bond acceptors (Lipinski definition) is 2. The van der Waals surface area contributed by atoms with Crippen LogP contribution in [0.1, 0.15) is 44.9 Å². The highest BCUT2D eigenvalue weighted by Gasteiger charge is 2.23. The Morgan fingerprint density at radius 3 is 2.43 bits per heavy atom. The molecule has 1 saturated heterocycles. The second kappa shape index (κ2) is 8.18. The third-order valence-corrected chi connectivity index (χ3v) is 5.99. The molecule has 0 aromatic heterocycles. The number of benzene rings is 1. The van der Waals surface area contributed by atoms with Gasteiger partial charge in [0.05, 0.1) is 5.69 Å². The fraction of sp³-hybridized carbons (Fsp3) is 0.632. The van der Waals surface area contributed by atoms with Gasteiger partial charge in [-0.3, -0.25) is 4.79 Å². The van der Waals surface area contributed by atoms with Crippen LogP contribution < -0.4 is 4.90 Å². The van der Waals surface area contributed by atoms with Crippen LogP contribution >= 0.6 is 15.9 Å². The van der Waals surface area contributed by atoms with Crippen molar-refractivity contribution in [2.24, 2.45) is 5.92 Å². The molecule has 0 N–H and O–H groups in total. The molecule has 3 nitrogen and oxygen atoms in total. The third-order valence-electron chi connectivity index (χ3n) is 5.32. The first-order valence-corrected chi connectivity index (χ1v) is 9.80. The first kappa shape index (κ1) is 16.8. The van der Waals surface area contributed by atoms with Crippen LogP contribution in [0.25, 0.3) is 0 Å². The Kier molecular flexibility index (Phi) is 5.98. The molecule has 126 valence electrons. The zero-order valence-corrected chi connectivity index (χ0v) is 15.4. The van der Waals surface area contributed by atoms with Gasteiger partial charge in [-0.15, -0.1) is 0 Å². The molecule has 0 bridgehead atoms. The smallest absolute Gasteiger partial charge is 0.222 e. The summed E-state index contributed by atoms with van der Waals surface area (Å²) in [4.78, 5) is 16.9. The van der Waals surface area contributed by atoms with Gasteiger partial charge in [-0.25, -0.2) is 0 Å². The standard InChI is InChI=1S/C19H27BrN2O/c20-17-8-4-5-9-18(17)21-12-14-22(15-13-21)19(23)11-10-16-6-2-1-3-7-16/h4-5,8-9,16H,1-3,6-7,10-15H2. The van der Waals surface area contributed by atoms with Gasteiger partial charge >= 0.3 is 0 Å². The molecule has 1 aromatic rings. The van der Waals surface area contributed by atoms with Gasteiger partial charge in [0.2, 0.25) is 5.91 Å². The van der Waals surface area contributed by atoms with E-state index in [0.29, 0.717) is 5.91 Å². The summed E-state index contributed by atoms with van der Waals surface area (Å²) in [6, 6.07) is 8.34. The van der Waals surface area contributed by atoms with Gasteiger partial charge in [0.25, 0.3) is 0 Å². The number of carbonyl (C=O) groups is 1. The van der Waals surface area contributed by atoms with E-state index in [0.717, 1.165) is 49.4 Å². The van der Waals surface area contributed by atoms with E-state index in [-0.39, 0.29) is 0 Å². The molecule has 0 radical (unpaired) electrons. The molecule has 4 heteroatoms. The first-order chi connectivity index (χ1) is 11.2. The Hall–Kier alpha value is -1.03. The van der Waals surface area contributed by atoms with Crippen molar-refractivity contribution in [1.82, 2.24) is 4.90 Å². The van der Waals surface area contributed by atoms with Gasteiger partial charge in [-0.1, -0.05) is 44.2 Å². The largest absolute Gasteiger partial charge is 0.367 e. The third kappa shape index (κ3) is 4.50. The molecular weight excluding hydrogens is 352 g/mol. The summed E-state index contributed by atoms with van der Waals surface area (Å²) >= 11 is 3.62. The minimum Gasteiger partial charge on any atom is -0.367 e. The molecule has 1 heterocycles. The fourth-order valence-corrected chi connectivity index (χ4v) is 4.40. The summed E-state index contributed by atoms with van der Waals surface area (Å²) in [5.74, 6) is 1.16. The van der Waals surface area contributed by atoms with E-state index in [1.165, 1.54) is 37.8 Å². The average Bonchev–Trinajstić information content (AvgIpc) is 2.61. The highest BCUT2D eigenvalue weighted by molar-refractivity contribution is 9.10. The normalized spacial score (nSPS) is 19.9. The Bertz CT molecular complexity index is 520. The lowest BCUT2D eigenvalue weighted by molar-refractivity contribution is -0.131. The summed E-state index contributed by atoms with van der Waals surface area (Å²) in [6.07, 6.45) is 8.64. The Morgan fingerprint density at radius 2 is 1.74 bits per heavy atom. The Balaban J connectivity index is 1.45. The molecule has 2 aliphatic rings. The second-order valence-corrected chi connectivity index (χ2v) is 7.72. The zero-order chi connectivity index (χ0) is 16.1. The van der Waals surface area contributed by atoms with Crippen LogP contribution in [0.3, 0.4) is 0 Å². The lowest BCUT2D eigenvalue weighted by atomic mass is 9.86. The van der Waals surface area contributed by atoms with Crippen molar-refractivity contribution in [2.75, 3.05) is 31.1 Å². The van der Waals surface area contributed by atoms with Crippen LogP contribution in [-0.4, -0.2) is 37.0 Å². The number of anilines is 1. The number of rotatable bonds is 4. The molecule has 0 unspecified atom stereocenters. The highest BCUT2D eigenvalue weighted by atomic mass is 79.9. The maximum absolute atomic E-state index is 12.4. The number of amides is 1. The molecule has 0 spiro atoms. The lowest BCUT2D eigenvalue weighted by Crippen LogP contribution is -2.48. The van der Waals surface area contributed by atoms with E-state index >= 15 is 0 Å². The summed E-state index contributed by atoms with van der Waals surface area (Å²) in [7, 11) is 0. The van der Waals surface area contributed by atoms with Gasteiger partial charge < -0.3 is 9.80 Å². The number of piperazine rings is 1. The Labute approximate surface area is 148 Å². The van der Waals surface area contributed by atoms with E-state index in [2.05, 4.69) is 43.9 Å². The van der Waals surface area contributed by atoms with Crippen molar-refractivity contribution in [3.05, 3.63) is 28.7 Å². The quantitative estimate of drug-likeness (QED) is 0.771. The molecule has 1 aliphatic heterocycles. The van der Waals surface area contributed by atoms with E-state index in [4.69, 9.17) is 0 Å². The molecule has 1 aliphatic carbocycles. The molecular formula is C19H27BrN2O. The fourth-order valence-electron chi connectivity index (χ4n) is 3.87. The molecule has 1 saturated carbocycles. The van der Waals surface area contributed by atoms with Crippen LogP contribution in [-0.2, 0) is 4.79 Å². The minimum atomic E-state index is 0.363. The van der Waals surface area contributed by atoms with Crippen LogP contribution in [0.2, 0.25) is 0 Å². The minimum absolute atomic E-state index is 0.363. The van der Waals surface area contributed by atoms with Crippen molar-refractivity contribution in [3.63, 3.8) is 0 Å². The number of hydrogen-bond donors (Lipinski definition) is 0. The summed E-state index contributed by atoms with van der Waals surface area (Å²) in [5, 5.41) is 0. The number of nitrogens with zero attached hydrogens (tertiary/aromatic N) is 2. The predicted molar refractivity (Wildman–Crippen MR) is 98.7 cm³/mol. The summed E-state index contributed by atoms with van der Waals surface area (Å²) < 4.78 is 1.14.